The average Bonchev–Trinajstić information content (AvgIpc) is 2.26. The fraction of sp³-hybridized carbons (Fsp3) is 0.882. The van der Waals surface area contributed by atoms with Crippen molar-refractivity contribution in [3.8, 4) is 0 Å². The Bertz CT molecular complexity index is 234. The molecule has 0 radical (unpaired) electrons. The molecule has 0 rings (SSSR count). The van der Waals surface area contributed by atoms with Gasteiger partial charge in [-0.05, 0) is 42.7 Å². The second kappa shape index (κ2) is 8.61. The van der Waals surface area contributed by atoms with Crippen LogP contribution in [0.5, 0.6) is 0 Å². The molecule has 0 aliphatic carbocycles. The SMILES string of the molecule is CC/C(=C\NC)CC(C)C(C)CCCC(C)(C)C. The largest absolute Gasteiger partial charge is 0.394 e. The lowest BCUT2D eigenvalue weighted by molar-refractivity contribution is 0.304. The van der Waals surface area contributed by atoms with E-state index in [0.29, 0.717) is 5.41 Å². The molecule has 0 spiro atoms. The third kappa shape index (κ3) is 8.60. The van der Waals surface area contributed by atoms with Crippen molar-refractivity contribution in [2.45, 2.75) is 73.6 Å². The lowest BCUT2D eigenvalue weighted by atomic mass is 9.83. The summed E-state index contributed by atoms with van der Waals surface area (Å²) in [5, 5.41) is 3.16. The summed E-state index contributed by atoms with van der Waals surface area (Å²) < 4.78 is 0. The highest BCUT2D eigenvalue weighted by Crippen LogP contribution is 2.28. The number of allylic oxidation sites excluding steroid dienone is 1. The van der Waals surface area contributed by atoms with E-state index in [4.69, 9.17) is 0 Å². The van der Waals surface area contributed by atoms with Crippen LogP contribution >= 0.6 is 0 Å². The summed E-state index contributed by atoms with van der Waals surface area (Å²) in [6.07, 6.45) is 8.67. The Morgan fingerprint density at radius 2 is 1.78 bits per heavy atom. The molecule has 108 valence electrons. The van der Waals surface area contributed by atoms with Gasteiger partial charge < -0.3 is 5.32 Å². The number of hydrogen-bond acceptors (Lipinski definition) is 1. The zero-order valence-electron chi connectivity index (χ0n) is 13.8. The lowest BCUT2D eigenvalue weighted by Crippen LogP contribution is -2.12. The van der Waals surface area contributed by atoms with Crippen molar-refractivity contribution in [2.75, 3.05) is 7.05 Å². The average molecular weight is 253 g/mol. The molecule has 1 N–H and O–H groups in total. The molecule has 0 bridgehead atoms. The molecule has 2 atom stereocenters. The quantitative estimate of drug-likeness (QED) is 0.612. The van der Waals surface area contributed by atoms with E-state index in [1.807, 2.05) is 7.05 Å². The second-order valence-corrected chi connectivity index (χ2v) is 7.06. The van der Waals surface area contributed by atoms with Gasteiger partial charge in [0, 0.05) is 7.05 Å². The Kier molecular flexibility index (Phi) is 8.39. The fourth-order valence-corrected chi connectivity index (χ4v) is 2.36. The molecule has 1 nitrogen and oxygen atoms in total. The highest BCUT2D eigenvalue weighted by atomic mass is 14.8. The number of rotatable bonds is 8. The van der Waals surface area contributed by atoms with Gasteiger partial charge in [-0.3, -0.25) is 0 Å². The first-order valence-corrected chi connectivity index (χ1v) is 7.65. The lowest BCUT2D eigenvalue weighted by Gasteiger charge is -2.23. The van der Waals surface area contributed by atoms with Crippen molar-refractivity contribution in [1.82, 2.24) is 5.32 Å². The molecule has 0 aromatic heterocycles. The molecule has 0 aromatic carbocycles. The minimum atomic E-state index is 0.490. The number of hydrogen-bond donors (Lipinski definition) is 1. The minimum Gasteiger partial charge on any atom is -0.394 e. The topological polar surface area (TPSA) is 12.0 Å². The van der Waals surface area contributed by atoms with Gasteiger partial charge in [0.2, 0.25) is 0 Å². The summed E-state index contributed by atoms with van der Waals surface area (Å²) >= 11 is 0. The van der Waals surface area contributed by atoms with Gasteiger partial charge in [0.05, 0.1) is 0 Å². The standard InChI is InChI=1S/C17H35N/c1-8-16(13-18-7)12-15(3)14(2)10-9-11-17(4,5)6/h13-15,18H,8-12H2,1-7H3/b16-13+. The zero-order valence-corrected chi connectivity index (χ0v) is 13.8. The van der Waals surface area contributed by atoms with Gasteiger partial charge in [-0.15, -0.1) is 0 Å². The van der Waals surface area contributed by atoms with Crippen LogP contribution in [-0.2, 0) is 0 Å². The van der Waals surface area contributed by atoms with Gasteiger partial charge >= 0.3 is 0 Å². The summed E-state index contributed by atoms with van der Waals surface area (Å²) in [5.41, 5.74) is 2.04. The molecule has 0 aliphatic heterocycles. The van der Waals surface area contributed by atoms with E-state index in [1.54, 1.807) is 5.57 Å². The summed E-state index contributed by atoms with van der Waals surface area (Å²) in [6, 6.07) is 0. The van der Waals surface area contributed by atoms with Crippen LogP contribution in [0, 0.1) is 17.3 Å². The normalized spacial score (nSPS) is 16.5. The predicted octanol–water partition coefficient (Wildman–Crippen LogP) is 5.38. The van der Waals surface area contributed by atoms with Gasteiger partial charge in [0.15, 0.2) is 0 Å². The Balaban J connectivity index is 4.02. The molecular formula is C17H35N. The molecule has 0 aromatic rings. The van der Waals surface area contributed by atoms with E-state index < -0.39 is 0 Å². The van der Waals surface area contributed by atoms with E-state index in [9.17, 15) is 0 Å². The number of nitrogens with one attached hydrogen (secondary N) is 1. The minimum absolute atomic E-state index is 0.490. The van der Waals surface area contributed by atoms with Gasteiger partial charge in [0.1, 0.15) is 0 Å². The van der Waals surface area contributed by atoms with E-state index in [0.717, 1.165) is 11.8 Å². The molecule has 0 heterocycles. The maximum atomic E-state index is 3.16. The van der Waals surface area contributed by atoms with Gasteiger partial charge in [-0.25, -0.2) is 0 Å². The monoisotopic (exact) mass is 253 g/mol. The first kappa shape index (κ1) is 17.5. The van der Waals surface area contributed by atoms with Crippen molar-refractivity contribution >= 4 is 0 Å². The van der Waals surface area contributed by atoms with Crippen LogP contribution < -0.4 is 5.32 Å². The van der Waals surface area contributed by atoms with Crippen LogP contribution in [0.4, 0.5) is 0 Å². The molecule has 1 heteroatoms. The Morgan fingerprint density at radius 3 is 2.22 bits per heavy atom. The van der Waals surface area contributed by atoms with Crippen molar-refractivity contribution in [3.63, 3.8) is 0 Å². The highest BCUT2D eigenvalue weighted by molar-refractivity contribution is 5.00. The van der Waals surface area contributed by atoms with E-state index in [1.165, 1.54) is 32.1 Å². The van der Waals surface area contributed by atoms with E-state index >= 15 is 0 Å². The van der Waals surface area contributed by atoms with Crippen molar-refractivity contribution < 1.29 is 0 Å². The predicted molar refractivity (Wildman–Crippen MR) is 83.7 cm³/mol. The summed E-state index contributed by atoms with van der Waals surface area (Å²) in [4.78, 5) is 0. The van der Waals surface area contributed by atoms with Crippen LogP contribution in [0.15, 0.2) is 11.8 Å². The van der Waals surface area contributed by atoms with E-state index in [-0.39, 0.29) is 0 Å². The van der Waals surface area contributed by atoms with E-state index in [2.05, 4.69) is 53.1 Å². The maximum Gasteiger partial charge on any atom is 0.00276 e. The van der Waals surface area contributed by atoms with Crippen molar-refractivity contribution in [2.24, 2.45) is 17.3 Å². The first-order chi connectivity index (χ1) is 8.30. The maximum absolute atomic E-state index is 3.16. The van der Waals surface area contributed by atoms with Gasteiger partial charge in [0.25, 0.3) is 0 Å². The Hall–Kier alpha value is -0.460. The van der Waals surface area contributed by atoms with Crippen LogP contribution in [0.1, 0.15) is 73.6 Å². The molecular weight excluding hydrogens is 218 g/mol. The molecule has 0 amide bonds. The van der Waals surface area contributed by atoms with Crippen LogP contribution in [0.2, 0.25) is 0 Å². The van der Waals surface area contributed by atoms with Crippen LogP contribution in [-0.4, -0.2) is 7.05 Å². The molecule has 0 saturated carbocycles. The Labute approximate surface area is 115 Å². The van der Waals surface area contributed by atoms with Crippen LogP contribution in [0.25, 0.3) is 0 Å². The first-order valence-electron chi connectivity index (χ1n) is 7.65. The van der Waals surface area contributed by atoms with Gasteiger partial charge in [-0.1, -0.05) is 60.0 Å². The fourth-order valence-electron chi connectivity index (χ4n) is 2.36. The highest BCUT2D eigenvalue weighted by Gasteiger charge is 2.15. The third-order valence-corrected chi connectivity index (χ3v) is 3.94. The second-order valence-electron chi connectivity index (χ2n) is 7.06. The zero-order chi connectivity index (χ0) is 14.2. The molecule has 0 saturated heterocycles. The summed E-state index contributed by atoms with van der Waals surface area (Å²) in [5.74, 6) is 1.63. The Morgan fingerprint density at radius 1 is 1.17 bits per heavy atom. The summed E-state index contributed by atoms with van der Waals surface area (Å²) in [7, 11) is 1.99. The molecule has 18 heavy (non-hydrogen) atoms. The van der Waals surface area contributed by atoms with Crippen molar-refractivity contribution in [1.29, 1.82) is 0 Å². The van der Waals surface area contributed by atoms with Crippen LogP contribution in [0.3, 0.4) is 0 Å². The third-order valence-electron chi connectivity index (χ3n) is 3.94. The summed E-state index contributed by atoms with van der Waals surface area (Å²) in [6.45, 7) is 14.1. The van der Waals surface area contributed by atoms with Crippen molar-refractivity contribution in [3.05, 3.63) is 11.8 Å². The van der Waals surface area contributed by atoms with Gasteiger partial charge in [-0.2, -0.15) is 0 Å². The molecule has 2 unspecified atom stereocenters. The molecule has 0 aliphatic rings. The molecule has 0 fully saturated rings. The smallest absolute Gasteiger partial charge is 0.00276 e.